The fourth-order valence-electron chi connectivity index (χ4n) is 3.00. The van der Waals surface area contributed by atoms with E-state index in [0.717, 1.165) is 17.8 Å². The van der Waals surface area contributed by atoms with Crippen LogP contribution >= 0.6 is 11.8 Å². The molecule has 26 heavy (non-hydrogen) atoms. The van der Waals surface area contributed by atoms with E-state index in [1.54, 1.807) is 28.9 Å². The van der Waals surface area contributed by atoms with Gasteiger partial charge < -0.3 is 10.0 Å². The molecular formula is C18H17N5O2S. The van der Waals surface area contributed by atoms with Crippen LogP contribution in [0.2, 0.25) is 0 Å². The van der Waals surface area contributed by atoms with Crippen molar-refractivity contribution in [2.75, 3.05) is 11.4 Å². The highest BCUT2D eigenvalue weighted by Crippen LogP contribution is 2.31. The zero-order chi connectivity index (χ0) is 18.1. The number of nitrogens with zero attached hydrogens (tertiary/aromatic N) is 5. The summed E-state index contributed by atoms with van der Waals surface area (Å²) in [5.74, 6) is 0.215. The second-order valence-electron chi connectivity index (χ2n) is 6.02. The SMILES string of the molecule is C[C@@H](Sc1nnnn1-c1ccc(O)cc1)C(=O)N1CCc2ccccc21. The number of anilines is 1. The van der Waals surface area contributed by atoms with Crippen LogP contribution in [0.25, 0.3) is 5.69 Å². The summed E-state index contributed by atoms with van der Waals surface area (Å²) >= 11 is 1.32. The number of amides is 1. The quantitative estimate of drug-likeness (QED) is 0.713. The molecule has 132 valence electrons. The standard InChI is InChI=1S/C18H17N5O2S/c1-12(17(25)22-11-10-13-4-2-3-5-16(13)22)26-18-19-20-21-23(18)14-6-8-15(24)9-7-14/h2-9,12,24H,10-11H2,1H3/t12-/m1/s1. The molecule has 0 radical (unpaired) electrons. The molecule has 2 heterocycles. The van der Waals surface area contributed by atoms with Gasteiger partial charge in [0.1, 0.15) is 5.75 Å². The van der Waals surface area contributed by atoms with Gasteiger partial charge >= 0.3 is 0 Å². The Bertz CT molecular complexity index is 941. The van der Waals surface area contributed by atoms with Crippen LogP contribution in [0.15, 0.2) is 53.7 Å². The van der Waals surface area contributed by atoms with Gasteiger partial charge in [-0.15, -0.1) is 5.10 Å². The molecule has 1 atom stereocenters. The Hall–Kier alpha value is -2.87. The van der Waals surface area contributed by atoms with Gasteiger partial charge in [-0.25, -0.2) is 0 Å². The molecule has 1 aromatic heterocycles. The molecule has 1 aliphatic heterocycles. The van der Waals surface area contributed by atoms with Crippen LogP contribution in [0.3, 0.4) is 0 Å². The predicted octanol–water partition coefficient (Wildman–Crippen LogP) is 2.44. The van der Waals surface area contributed by atoms with Gasteiger partial charge in [-0.2, -0.15) is 4.68 Å². The summed E-state index contributed by atoms with van der Waals surface area (Å²) in [6.07, 6.45) is 0.880. The molecule has 8 heteroatoms. The third-order valence-electron chi connectivity index (χ3n) is 4.32. The average Bonchev–Trinajstić information content (AvgIpc) is 3.28. The van der Waals surface area contributed by atoms with E-state index in [2.05, 4.69) is 21.6 Å². The largest absolute Gasteiger partial charge is 0.508 e. The maximum absolute atomic E-state index is 12.9. The fraction of sp³-hybridized carbons (Fsp3) is 0.222. The zero-order valence-electron chi connectivity index (χ0n) is 14.1. The molecule has 0 saturated carbocycles. The van der Waals surface area contributed by atoms with Crippen molar-refractivity contribution in [3.05, 3.63) is 54.1 Å². The summed E-state index contributed by atoms with van der Waals surface area (Å²) in [7, 11) is 0. The van der Waals surface area contributed by atoms with E-state index in [9.17, 15) is 9.90 Å². The Balaban J connectivity index is 1.53. The molecule has 0 spiro atoms. The maximum Gasteiger partial charge on any atom is 0.240 e. The van der Waals surface area contributed by atoms with Crippen molar-refractivity contribution in [1.82, 2.24) is 20.2 Å². The fourth-order valence-corrected chi connectivity index (χ4v) is 3.87. The number of phenols is 1. The van der Waals surface area contributed by atoms with Gasteiger partial charge in [-0.1, -0.05) is 30.0 Å². The van der Waals surface area contributed by atoms with Crippen molar-refractivity contribution in [3.63, 3.8) is 0 Å². The normalized spacial score (nSPS) is 14.3. The highest BCUT2D eigenvalue weighted by atomic mass is 32.2. The molecule has 1 aliphatic rings. The van der Waals surface area contributed by atoms with Gasteiger partial charge in [0.05, 0.1) is 10.9 Å². The lowest BCUT2D eigenvalue weighted by Crippen LogP contribution is -2.35. The Morgan fingerprint density at radius 2 is 1.96 bits per heavy atom. The van der Waals surface area contributed by atoms with Crippen molar-refractivity contribution < 1.29 is 9.90 Å². The number of carbonyl (C=O) groups excluding carboxylic acids is 1. The summed E-state index contributed by atoms with van der Waals surface area (Å²) in [5, 5.41) is 21.4. The van der Waals surface area contributed by atoms with Gasteiger partial charge in [0.25, 0.3) is 0 Å². The lowest BCUT2D eigenvalue weighted by atomic mass is 10.2. The molecule has 1 amide bonds. The first-order valence-electron chi connectivity index (χ1n) is 8.27. The lowest BCUT2D eigenvalue weighted by molar-refractivity contribution is -0.117. The third kappa shape index (κ3) is 3.03. The second kappa shape index (κ2) is 6.80. The third-order valence-corrected chi connectivity index (χ3v) is 5.34. The highest BCUT2D eigenvalue weighted by molar-refractivity contribution is 8.00. The van der Waals surface area contributed by atoms with Crippen molar-refractivity contribution in [2.24, 2.45) is 0 Å². The average molecular weight is 367 g/mol. The Morgan fingerprint density at radius 3 is 2.77 bits per heavy atom. The van der Waals surface area contributed by atoms with Crippen LogP contribution in [-0.4, -0.2) is 43.0 Å². The van der Waals surface area contributed by atoms with Gasteiger partial charge in [-0.05, 0) is 59.7 Å². The Morgan fingerprint density at radius 1 is 1.19 bits per heavy atom. The number of aromatic nitrogens is 4. The number of thioether (sulfide) groups is 1. The molecule has 0 fully saturated rings. The molecule has 1 N–H and O–H groups in total. The summed E-state index contributed by atoms with van der Waals surface area (Å²) < 4.78 is 1.56. The molecule has 2 aromatic carbocycles. The minimum Gasteiger partial charge on any atom is -0.508 e. The van der Waals surface area contributed by atoms with Crippen LogP contribution in [0.1, 0.15) is 12.5 Å². The number of hydrogen-bond acceptors (Lipinski definition) is 6. The van der Waals surface area contributed by atoms with E-state index >= 15 is 0 Å². The number of benzene rings is 2. The molecule has 0 bridgehead atoms. The second-order valence-corrected chi connectivity index (χ2v) is 7.33. The molecule has 0 aliphatic carbocycles. The number of para-hydroxylation sites is 1. The monoisotopic (exact) mass is 367 g/mol. The minimum absolute atomic E-state index is 0.0419. The number of rotatable bonds is 4. The maximum atomic E-state index is 12.9. The molecule has 0 unspecified atom stereocenters. The molecule has 7 nitrogen and oxygen atoms in total. The first kappa shape index (κ1) is 16.6. The summed E-state index contributed by atoms with van der Waals surface area (Å²) in [6, 6.07) is 14.6. The first-order chi connectivity index (χ1) is 12.6. The van der Waals surface area contributed by atoms with Crippen LogP contribution in [-0.2, 0) is 11.2 Å². The van der Waals surface area contributed by atoms with Crippen molar-refractivity contribution in [3.8, 4) is 11.4 Å². The van der Waals surface area contributed by atoms with Crippen LogP contribution in [0.5, 0.6) is 5.75 Å². The number of tetrazole rings is 1. The van der Waals surface area contributed by atoms with Crippen molar-refractivity contribution in [1.29, 1.82) is 0 Å². The van der Waals surface area contributed by atoms with Crippen LogP contribution in [0, 0.1) is 0 Å². The minimum atomic E-state index is -0.331. The van der Waals surface area contributed by atoms with Gasteiger partial charge in [0, 0.05) is 12.2 Å². The van der Waals surface area contributed by atoms with E-state index in [0.29, 0.717) is 11.7 Å². The topological polar surface area (TPSA) is 84.1 Å². The number of aromatic hydroxyl groups is 1. The smallest absolute Gasteiger partial charge is 0.240 e. The van der Waals surface area contributed by atoms with Crippen molar-refractivity contribution >= 4 is 23.4 Å². The molecule has 4 rings (SSSR count). The van der Waals surface area contributed by atoms with E-state index in [-0.39, 0.29) is 16.9 Å². The highest BCUT2D eigenvalue weighted by Gasteiger charge is 2.29. The molecule has 3 aromatic rings. The zero-order valence-corrected chi connectivity index (χ0v) is 14.9. The molecular weight excluding hydrogens is 350 g/mol. The van der Waals surface area contributed by atoms with E-state index in [4.69, 9.17) is 0 Å². The van der Waals surface area contributed by atoms with E-state index in [1.807, 2.05) is 30.0 Å². The Labute approximate surface area is 154 Å². The predicted molar refractivity (Wildman–Crippen MR) is 98.6 cm³/mol. The van der Waals surface area contributed by atoms with E-state index < -0.39 is 0 Å². The van der Waals surface area contributed by atoms with Gasteiger partial charge in [0.2, 0.25) is 11.1 Å². The van der Waals surface area contributed by atoms with Crippen LogP contribution < -0.4 is 4.90 Å². The number of carbonyl (C=O) groups is 1. The van der Waals surface area contributed by atoms with Gasteiger partial charge in [-0.3, -0.25) is 4.79 Å². The summed E-state index contributed by atoms with van der Waals surface area (Å²) in [4.78, 5) is 14.8. The number of hydrogen-bond donors (Lipinski definition) is 1. The number of fused-ring (bicyclic) bond motifs is 1. The van der Waals surface area contributed by atoms with Crippen LogP contribution in [0.4, 0.5) is 5.69 Å². The Kier molecular flexibility index (Phi) is 4.34. The summed E-state index contributed by atoms with van der Waals surface area (Å²) in [6.45, 7) is 2.57. The summed E-state index contributed by atoms with van der Waals surface area (Å²) in [5.41, 5.74) is 2.91. The first-order valence-corrected chi connectivity index (χ1v) is 9.15. The van der Waals surface area contributed by atoms with Gasteiger partial charge in [0.15, 0.2) is 0 Å². The molecule has 0 saturated heterocycles. The van der Waals surface area contributed by atoms with E-state index in [1.165, 1.54) is 17.3 Å². The number of phenolic OH excluding ortho intramolecular Hbond substituents is 1. The lowest BCUT2D eigenvalue weighted by Gasteiger charge is -2.21. The van der Waals surface area contributed by atoms with Crippen molar-refractivity contribution in [2.45, 2.75) is 23.8 Å².